The third kappa shape index (κ3) is 2.24. The number of rotatable bonds is 1. The molecule has 0 saturated carbocycles. The average Bonchev–Trinajstić information content (AvgIpc) is 2.24. The number of halogens is 3. The van der Waals surface area contributed by atoms with Gasteiger partial charge in [0.15, 0.2) is 0 Å². The number of benzene rings is 2. The van der Waals surface area contributed by atoms with Crippen molar-refractivity contribution in [1.82, 2.24) is 0 Å². The molecule has 2 rings (SSSR count). The summed E-state index contributed by atoms with van der Waals surface area (Å²) >= 11 is 5.64. The minimum absolute atomic E-state index is 0.141. The van der Waals surface area contributed by atoms with Gasteiger partial charge >= 0.3 is 0 Å². The zero-order valence-electron chi connectivity index (χ0n) is 9.10. The van der Waals surface area contributed by atoms with Crippen LogP contribution in [0.1, 0.15) is 5.56 Å². The number of anilines is 1. The minimum Gasteiger partial charge on any atom is -0.398 e. The molecule has 2 aromatic rings. The standard InChI is InChI=1S/C13H10ClF2N/c1-7-4-11(15)10(6-13(7)17)9-3-2-8(14)5-12(9)16/h2-6H,17H2,1H3. The molecule has 0 fully saturated rings. The van der Waals surface area contributed by atoms with Crippen LogP contribution in [0.4, 0.5) is 14.5 Å². The van der Waals surface area contributed by atoms with Crippen LogP contribution in [-0.2, 0) is 0 Å². The summed E-state index contributed by atoms with van der Waals surface area (Å²) in [5.41, 5.74) is 7.04. The lowest BCUT2D eigenvalue weighted by Gasteiger charge is -2.08. The monoisotopic (exact) mass is 253 g/mol. The molecule has 88 valence electrons. The van der Waals surface area contributed by atoms with Crippen LogP contribution in [0, 0.1) is 18.6 Å². The molecule has 0 aliphatic carbocycles. The van der Waals surface area contributed by atoms with Gasteiger partial charge in [-0.05, 0) is 42.8 Å². The van der Waals surface area contributed by atoms with E-state index >= 15 is 0 Å². The van der Waals surface area contributed by atoms with Crippen LogP contribution in [-0.4, -0.2) is 0 Å². The van der Waals surface area contributed by atoms with Crippen molar-refractivity contribution in [2.45, 2.75) is 6.92 Å². The number of nitrogens with two attached hydrogens (primary N) is 1. The fourth-order valence-corrected chi connectivity index (χ4v) is 1.76. The van der Waals surface area contributed by atoms with Crippen LogP contribution >= 0.6 is 11.6 Å². The van der Waals surface area contributed by atoms with Crippen LogP contribution in [0.3, 0.4) is 0 Å². The highest BCUT2D eigenvalue weighted by Gasteiger charge is 2.12. The molecule has 0 aliphatic rings. The molecule has 17 heavy (non-hydrogen) atoms. The van der Waals surface area contributed by atoms with E-state index in [0.717, 1.165) is 6.07 Å². The first-order valence-electron chi connectivity index (χ1n) is 5.00. The van der Waals surface area contributed by atoms with E-state index in [2.05, 4.69) is 0 Å². The summed E-state index contributed by atoms with van der Waals surface area (Å²) in [6, 6.07) is 6.81. The molecule has 0 radical (unpaired) electrons. The van der Waals surface area contributed by atoms with E-state index in [1.807, 2.05) is 0 Å². The smallest absolute Gasteiger partial charge is 0.132 e. The van der Waals surface area contributed by atoms with Gasteiger partial charge in [-0.3, -0.25) is 0 Å². The van der Waals surface area contributed by atoms with E-state index in [1.165, 1.54) is 24.3 Å². The van der Waals surface area contributed by atoms with Crippen LogP contribution in [0.5, 0.6) is 0 Å². The Labute approximate surface area is 103 Å². The largest absolute Gasteiger partial charge is 0.398 e. The molecule has 0 amide bonds. The Kier molecular flexibility index (Phi) is 3.03. The second kappa shape index (κ2) is 4.34. The van der Waals surface area contributed by atoms with Crippen molar-refractivity contribution in [3.8, 4) is 11.1 Å². The van der Waals surface area contributed by atoms with Gasteiger partial charge < -0.3 is 5.73 Å². The van der Waals surface area contributed by atoms with Crippen LogP contribution in [0.2, 0.25) is 5.02 Å². The van der Waals surface area contributed by atoms with Gasteiger partial charge in [-0.1, -0.05) is 11.6 Å². The third-order valence-corrected chi connectivity index (χ3v) is 2.81. The van der Waals surface area contributed by atoms with Gasteiger partial charge in [0.2, 0.25) is 0 Å². The van der Waals surface area contributed by atoms with E-state index in [4.69, 9.17) is 17.3 Å². The highest BCUT2D eigenvalue weighted by Crippen LogP contribution is 2.30. The van der Waals surface area contributed by atoms with Crippen LogP contribution in [0.25, 0.3) is 11.1 Å². The average molecular weight is 254 g/mol. The Morgan fingerprint density at radius 1 is 1.00 bits per heavy atom. The predicted molar refractivity (Wildman–Crippen MR) is 66.0 cm³/mol. The van der Waals surface area contributed by atoms with E-state index in [9.17, 15) is 8.78 Å². The minimum atomic E-state index is -0.570. The topological polar surface area (TPSA) is 26.0 Å². The van der Waals surface area contributed by atoms with Gasteiger partial charge in [0.25, 0.3) is 0 Å². The normalized spacial score (nSPS) is 10.6. The highest BCUT2D eigenvalue weighted by molar-refractivity contribution is 6.30. The van der Waals surface area contributed by atoms with E-state index in [-0.39, 0.29) is 16.1 Å². The predicted octanol–water partition coefficient (Wildman–Crippen LogP) is 4.18. The first-order valence-corrected chi connectivity index (χ1v) is 5.38. The summed E-state index contributed by atoms with van der Waals surface area (Å²) in [7, 11) is 0. The fraction of sp³-hybridized carbons (Fsp3) is 0.0769. The maximum atomic E-state index is 13.7. The summed E-state index contributed by atoms with van der Waals surface area (Å²) < 4.78 is 27.4. The van der Waals surface area contributed by atoms with Gasteiger partial charge in [0.1, 0.15) is 11.6 Å². The number of aryl methyl sites for hydroxylation is 1. The summed E-state index contributed by atoms with van der Waals surface area (Å²) in [6.07, 6.45) is 0. The van der Waals surface area contributed by atoms with Gasteiger partial charge in [-0.25, -0.2) is 8.78 Å². The van der Waals surface area contributed by atoms with E-state index in [1.54, 1.807) is 6.92 Å². The van der Waals surface area contributed by atoms with Crippen LogP contribution < -0.4 is 5.73 Å². The van der Waals surface area contributed by atoms with Crippen molar-refractivity contribution >= 4 is 17.3 Å². The second-order valence-electron chi connectivity index (χ2n) is 3.81. The number of hydrogen-bond donors (Lipinski definition) is 1. The summed E-state index contributed by atoms with van der Waals surface area (Å²) in [5, 5.41) is 0.270. The van der Waals surface area contributed by atoms with Gasteiger partial charge in [-0.2, -0.15) is 0 Å². The quantitative estimate of drug-likeness (QED) is 0.758. The molecule has 0 heterocycles. The molecule has 0 aromatic heterocycles. The lowest BCUT2D eigenvalue weighted by Crippen LogP contribution is -1.95. The van der Waals surface area contributed by atoms with E-state index < -0.39 is 11.6 Å². The maximum Gasteiger partial charge on any atom is 0.132 e. The first kappa shape index (κ1) is 11.9. The second-order valence-corrected chi connectivity index (χ2v) is 4.25. The van der Waals surface area contributed by atoms with Gasteiger partial charge in [0.05, 0.1) is 0 Å². The van der Waals surface area contributed by atoms with Crippen molar-refractivity contribution in [2.75, 3.05) is 5.73 Å². The molecule has 0 saturated heterocycles. The fourth-order valence-electron chi connectivity index (χ4n) is 1.60. The van der Waals surface area contributed by atoms with Crippen molar-refractivity contribution in [3.63, 3.8) is 0 Å². The number of hydrogen-bond acceptors (Lipinski definition) is 1. The Hall–Kier alpha value is -1.61. The maximum absolute atomic E-state index is 13.7. The molecule has 2 aromatic carbocycles. The molecule has 0 aliphatic heterocycles. The molecular formula is C13H10ClF2N. The van der Waals surface area contributed by atoms with Gasteiger partial charge in [0, 0.05) is 21.8 Å². The number of nitrogen functional groups attached to an aromatic ring is 1. The molecule has 4 heteroatoms. The third-order valence-electron chi connectivity index (χ3n) is 2.58. The summed E-state index contributed by atoms with van der Waals surface area (Å²) in [4.78, 5) is 0. The highest BCUT2D eigenvalue weighted by atomic mass is 35.5. The van der Waals surface area contributed by atoms with Crippen LogP contribution in [0.15, 0.2) is 30.3 Å². The molecule has 0 spiro atoms. The van der Waals surface area contributed by atoms with Crippen molar-refractivity contribution in [3.05, 3.63) is 52.6 Å². The Morgan fingerprint density at radius 3 is 2.29 bits per heavy atom. The zero-order chi connectivity index (χ0) is 12.6. The molecule has 1 nitrogen and oxygen atoms in total. The summed E-state index contributed by atoms with van der Waals surface area (Å²) in [6.45, 7) is 1.69. The van der Waals surface area contributed by atoms with Crippen molar-refractivity contribution in [2.24, 2.45) is 0 Å². The Morgan fingerprint density at radius 2 is 1.65 bits per heavy atom. The SMILES string of the molecule is Cc1cc(F)c(-c2ccc(Cl)cc2F)cc1N. The van der Waals surface area contributed by atoms with E-state index in [0.29, 0.717) is 11.3 Å². The van der Waals surface area contributed by atoms with Crippen molar-refractivity contribution in [1.29, 1.82) is 0 Å². The molecular weight excluding hydrogens is 244 g/mol. The first-order chi connectivity index (χ1) is 7.99. The molecule has 0 bridgehead atoms. The Bertz CT molecular complexity index is 582. The molecule has 2 N–H and O–H groups in total. The Balaban J connectivity index is 2.64. The van der Waals surface area contributed by atoms with Crippen molar-refractivity contribution < 1.29 is 8.78 Å². The van der Waals surface area contributed by atoms with Gasteiger partial charge in [-0.15, -0.1) is 0 Å². The molecule has 0 unspecified atom stereocenters. The zero-order valence-corrected chi connectivity index (χ0v) is 9.85. The summed E-state index contributed by atoms with van der Waals surface area (Å²) in [5.74, 6) is -1.07. The lowest BCUT2D eigenvalue weighted by atomic mass is 10.0. The lowest BCUT2D eigenvalue weighted by molar-refractivity contribution is 0.616. The molecule has 0 atom stereocenters.